The number of allylic oxidation sites excluding steroid dienone is 1. The Kier molecular flexibility index (Phi) is 3.88. The maximum atomic E-state index is 2.59. The fraction of sp³-hybridized carbons (Fsp3) is 0.500. The highest BCUT2D eigenvalue weighted by molar-refractivity contribution is 5.64. The van der Waals surface area contributed by atoms with E-state index in [1.807, 2.05) is 0 Å². The van der Waals surface area contributed by atoms with Crippen LogP contribution < -0.4 is 0 Å². The molecule has 1 aromatic rings. The first-order valence-electron chi connectivity index (χ1n) is 6.76. The molecule has 0 amide bonds. The van der Waals surface area contributed by atoms with Crippen molar-refractivity contribution in [3.8, 4) is 0 Å². The molecule has 0 spiro atoms. The van der Waals surface area contributed by atoms with Crippen LogP contribution in [0.2, 0.25) is 0 Å². The molecule has 1 saturated heterocycles. The molecule has 1 heterocycles. The van der Waals surface area contributed by atoms with Gasteiger partial charge in [0.25, 0.3) is 0 Å². The Balaban J connectivity index is 2.25. The van der Waals surface area contributed by atoms with E-state index in [-0.39, 0.29) is 0 Å². The van der Waals surface area contributed by atoms with Crippen molar-refractivity contribution in [1.29, 1.82) is 0 Å². The molecule has 1 aromatic carbocycles. The van der Waals surface area contributed by atoms with Crippen molar-refractivity contribution in [3.05, 3.63) is 41.5 Å². The molecule has 1 aliphatic heterocycles. The smallest absolute Gasteiger partial charge is 0.0398 e. The summed E-state index contributed by atoms with van der Waals surface area (Å²) in [6.07, 6.45) is 6.20. The van der Waals surface area contributed by atoms with Crippen LogP contribution >= 0.6 is 0 Å². The molecule has 1 unspecified atom stereocenters. The van der Waals surface area contributed by atoms with Crippen LogP contribution in [0.15, 0.2) is 30.3 Å². The molecular weight excluding hydrogens is 206 g/mol. The minimum Gasteiger partial charge on any atom is -0.368 e. The van der Waals surface area contributed by atoms with Gasteiger partial charge in [-0.1, -0.05) is 42.8 Å². The third kappa shape index (κ3) is 2.54. The fourth-order valence-corrected chi connectivity index (χ4v) is 2.80. The van der Waals surface area contributed by atoms with Crippen molar-refractivity contribution in [1.82, 2.24) is 4.90 Å². The Hall–Kier alpha value is -1.24. The zero-order valence-corrected chi connectivity index (χ0v) is 11.2. The minimum absolute atomic E-state index is 0.738. The summed E-state index contributed by atoms with van der Waals surface area (Å²) in [7, 11) is 0. The SMILES string of the molecule is CC=C(c1ccc(C)cc1)N1CCCC1CC. The molecule has 0 bridgehead atoms. The topological polar surface area (TPSA) is 3.24 Å². The first-order chi connectivity index (χ1) is 8.26. The Morgan fingerprint density at radius 1 is 1.35 bits per heavy atom. The number of benzene rings is 1. The second kappa shape index (κ2) is 5.39. The summed E-state index contributed by atoms with van der Waals surface area (Å²) in [6, 6.07) is 9.64. The first kappa shape index (κ1) is 12.2. The average molecular weight is 229 g/mol. The molecule has 1 aliphatic rings. The molecule has 0 N–H and O–H groups in total. The highest BCUT2D eigenvalue weighted by atomic mass is 15.2. The molecule has 0 radical (unpaired) electrons. The predicted molar refractivity (Wildman–Crippen MR) is 74.8 cm³/mol. The van der Waals surface area contributed by atoms with E-state index in [0.717, 1.165) is 6.04 Å². The van der Waals surface area contributed by atoms with E-state index < -0.39 is 0 Å². The summed E-state index contributed by atoms with van der Waals surface area (Å²) < 4.78 is 0. The quantitative estimate of drug-likeness (QED) is 0.749. The van der Waals surface area contributed by atoms with Crippen molar-refractivity contribution < 1.29 is 0 Å². The van der Waals surface area contributed by atoms with Gasteiger partial charge < -0.3 is 4.90 Å². The molecule has 92 valence electrons. The molecule has 0 aliphatic carbocycles. The summed E-state index contributed by atoms with van der Waals surface area (Å²) in [4.78, 5) is 2.59. The van der Waals surface area contributed by atoms with Crippen LogP contribution in [-0.2, 0) is 0 Å². The van der Waals surface area contributed by atoms with Gasteiger partial charge in [-0.15, -0.1) is 0 Å². The van der Waals surface area contributed by atoms with E-state index in [1.165, 1.54) is 42.6 Å². The lowest BCUT2D eigenvalue weighted by Gasteiger charge is -2.29. The highest BCUT2D eigenvalue weighted by Crippen LogP contribution is 2.30. The van der Waals surface area contributed by atoms with E-state index in [9.17, 15) is 0 Å². The van der Waals surface area contributed by atoms with Gasteiger partial charge in [-0.3, -0.25) is 0 Å². The van der Waals surface area contributed by atoms with E-state index in [2.05, 4.69) is 56.0 Å². The van der Waals surface area contributed by atoms with Crippen LogP contribution in [0.25, 0.3) is 5.70 Å². The van der Waals surface area contributed by atoms with E-state index in [0.29, 0.717) is 0 Å². The van der Waals surface area contributed by atoms with Gasteiger partial charge in [-0.25, -0.2) is 0 Å². The summed E-state index contributed by atoms with van der Waals surface area (Å²) in [5.74, 6) is 0. The highest BCUT2D eigenvalue weighted by Gasteiger charge is 2.24. The van der Waals surface area contributed by atoms with Crippen LogP contribution in [0.1, 0.15) is 44.2 Å². The third-order valence-electron chi connectivity index (χ3n) is 3.78. The van der Waals surface area contributed by atoms with Gasteiger partial charge in [0, 0.05) is 18.3 Å². The monoisotopic (exact) mass is 229 g/mol. The lowest BCUT2D eigenvalue weighted by atomic mass is 10.1. The van der Waals surface area contributed by atoms with Crippen molar-refractivity contribution >= 4 is 5.70 Å². The third-order valence-corrected chi connectivity index (χ3v) is 3.78. The standard InChI is InChI=1S/C16H23N/c1-4-15-7-6-12-17(15)16(5-2)14-10-8-13(3)9-11-14/h5,8-11,15H,4,6-7,12H2,1-3H3. The lowest BCUT2D eigenvalue weighted by molar-refractivity contribution is 0.360. The number of rotatable bonds is 3. The van der Waals surface area contributed by atoms with Gasteiger partial charge in [-0.05, 0) is 38.7 Å². The zero-order chi connectivity index (χ0) is 12.3. The van der Waals surface area contributed by atoms with Crippen LogP contribution in [0.4, 0.5) is 0 Å². The normalized spacial score (nSPS) is 21.0. The summed E-state index contributed by atoms with van der Waals surface area (Å²) in [5, 5.41) is 0. The van der Waals surface area contributed by atoms with Gasteiger partial charge in [-0.2, -0.15) is 0 Å². The molecule has 1 fully saturated rings. The first-order valence-corrected chi connectivity index (χ1v) is 6.76. The van der Waals surface area contributed by atoms with E-state index in [1.54, 1.807) is 0 Å². The number of hydrogen-bond acceptors (Lipinski definition) is 1. The molecule has 1 atom stereocenters. The van der Waals surface area contributed by atoms with Crippen LogP contribution in [0.3, 0.4) is 0 Å². The van der Waals surface area contributed by atoms with E-state index >= 15 is 0 Å². The number of hydrogen-bond donors (Lipinski definition) is 0. The Morgan fingerprint density at radius 3 is 2.65 bits per heavy atom. The molecular formula is C16H23N. The maximum Gasteiger partial charge on any atom is 0.0398 e. The van der Waals surface area contributed by atoms with Gasteiger partial charge in [0.15, 0.2) is 0 Å². The molecule has 1 heteroatoms. The Bertz CT molecular complexity index is 388. The van der Waals surface area contributed by atoms with Gasteiger partial charge in [0.1, 0.15) is 0 Å². The zero-order valence-electron chi connectivity index (χ0n) is 11.2. The van der Waals surface area contributed by atoms with Gasteiger partial charge in [0.2, 0.25) is 0 Å². The molecule has 17 heavy (non-hydrogen) atoms. The lowest BCUT2D eigenvalue weighted by Crippen LogP contribution is -2.27. The van der Waals surface area contributed by atoms with Gasteiger partial charge in [0.05, 0.1) is 0 Å². The van der Waals surface area contributed by atoms with E-state index in [4.69, 9.17) is 0 Å². The van der Waals surface area contributed by atoms with Crippen molar-refractivity contribution in [2.24, 2.45) is 0 Å². The maximum absolute atomic E-state index is 2.59. The average Bonchev–Trinajstić information content (AvgIpc) is 2.81. The largest absolute Gasteiger partial charge is 0.368 e. The van der Waals surface area contributed by atoms with Crippen LogP contribution in [0, 0.1) is 6.92 Å². The van der Waals surface area contributed by atoms with Crippen molar-refractivity contribution in [2.75, 3.05) is 6.54 Å². The molecule has 2 rings (SSSR count). The molecule has 1 nitrogen and oxygen atoms in total. The summed E-state index contributed by atoms with van der Waals surface area (Å²) >= 11 is 0. The van der Waals surface area contributed by atoms with Crippen LogP contribution in [0.5, 0.6) is 0 Å². The Morgan fingerprint density at radius 2 is 2.06 bits per heavy atom. The number of likely N-dealkylation sites (tertiary alicyclic amines) is 1. The van der Waals surface area contributed by atoms with Gasteiger partial charge >= 0.3 is 0 Å². The Labute approximate surface area is 105 Å². The molecule has 0 saturated carbocycles. The second-order valence-corrected chi connectivity index (χ2v) is 4.94. The van der Waals surface area contributed by atoms with Crippen molar-refractivity contribution in [2.45, 2.75) is 46.1 Å². The summed E-state index contributed by atoms with van der Waals surface area (Å²) in [5.41, 5.74) is 4.10. The summed E-state index contributed by atoms with van der Waals surface area (Å²) in [6.45, 7) is 7.81. The predicted octanol–water partition coefficient (Wildman–Crippen LogP) is 4.23. The number of aryl methyl sites for hydroxylation is 1. The second-order valence-electron chi connectivity index (χ2n) is 4.94. The fourth-order valence-electron chi connectivity index (χ4n) is 2.80. The molecule has 0 aromatic heterocycles. The number of nitrogens with zero attached hydrogens (tertiary/aromatic N) is 1. The van der Waals surface area contributed by atoms with Crippen molar-refractivity contribution in [3.63, 3.8) is 0 Å². The van der Waals surface area contributed by atoms with Crippen LogP contribution in [-0.4, -0.2) is 17.5 Å². The minimum atomic E-state index is 0.738.